The summed E-state index contributed by atoms with van der Waals surface area (Å²) in [6, 6.07) is 13.3. The molecule has 1 saturated carbocycles. The Kier molecular flexibility index (Phi) is 4.84. The summed E-state index contributed by atoms with van der Waals surface area (Å²) >= 11 is 14.2. The molecule has 2 aliphatic rings. The Morgan fingerprint density at radius 1 is 1.23 bits per heavy atom. The topological polar surface area (TPSA) is 29.5 Å². The highest BCUT2D eigenvalue weighted by molar-refractivity contribution is 7.99. The van der Waals surface area contributed by atoms with Gasteiger partial charge in [0.2, 0.25) is 5.91 Å². The van der Waals surface area contributed by atoms with Gasteiger partial charge in [-0.15, -0.1) is 11.8 Å². The summed E-state index contributed by atoms with van der Waals surface area (Å²) in [4.78, 5) is 15.5. The molecule has 0 bridgehead atoms. The van der Waals surface area contributed by atoms with E-state index >= 15 is 0 Å². The van der Waals surface area contributed by atoms with Crippen molar-refractivity contribution in [1.82, 2.24) is 4.90 Å². The maximum atomic E-state index is 13.5. The Bertz CT molecular complexity index is 853. The number of methoxy groups -OCH3 is 1. The minimum Gasteiger partial charge on any atom is -0.496 e. The van der Waals surface area contributed by atoms with E-state index in [0.29, 0.717) is 10.0 Å². The summed E-state index contributed by atoms with van der Waals surface area (Å²) in [5.74, 6) is 1.85. The summed E-state index contributed by atoms with van der Waals surface area (Å²) in [6.07, 6.45) is 1.71. The molecular weight excluding hydrogens is 389 g/mol. The normalized spacial score (nSPS) is 20.9. The second kappa shape index (κ2) is 6.99. The average molecular weight is 408 g/mol. The lowest BCUT2D eigenvalue weighted by atomic mass is 9.93. The molecule has 4 rings (SSSR count). The Morgan fingerprint density at radius 2 is 2.00 bits per heavy atom. The minimum atomic E-state index is -0.464. The predicted molar refractivity (Wildman–Crippen MR) is 107 cm³/mol. The van der Waals surface area contributed by atoms with Gasteiger partial charge in [-0.05, 0) is 31.0 Å². The van der Waals surface area contributed by atoms with Crippen molar-refractivity contribution >= 4 is 40.9 Å². The maximum absolute atomic E-state index is 13.5. The molecule has 1 atom stereocenters. The second-order valence-corrected chi connectivity index (χ2v) is 8.70. The van der Waals surface area contributed by atoms with Gasteiger partial charge in [-0.3, -0.25) is 4.79 Å². The Morgan fingerprint density at radius 3 is 2.69 bits per heavy atom. The van der Waals surface area contributed by atoms with Crippen LogP contribution >= 0.6 is 35.0 Å². The zero-order valence-corrected chi connectivity index (χ0v) is 16.7. The van der Waals surface area contributed by atoms with Gasteiger partial charge in [0.25, 0.3) is 0 Å². The largest absolute Gasteiger partial charge is 0.496 e. The van der Waals surface area contributed by atoms with E-state index in [4.69, 9.17) is 27.9 Å². The number of carbonyl (C=O) groups excluding carboxylic acids is 1. The van der Waals surface area contributed by atoms with Gasteiger partial charge in [0.15, 0.2) is 0 Å². The number of nitrogens with zero attached hydrogens (tertiary/aromatic N) is 1. The zero-order valence-electron chi connectivity index (χ0n) is 14.4. The van der Waals surface area contributed by atoms with Gasteiger partial charge in [-0.2, -0.15) is 0 Å². The number of benzene rings is 2. The van der Waals surface area contributed by atoms with E-state index in [-0.39, 0.29) is 11.3 Å². The lowest BCUT2D eigenvalue weighted by molar-refractivity contribution is -0.134. The fraction of sp³-hybridized carbons (Fsp3) is 0.350. The van der Waals surface area contributed by atoms with Crippen LogP contribution in [0.1, 0.15) is 29.3 Å². The molecule has 1 unspecified atom stereocenters. The third-order valence-electron chi connectivity index (χ3n) is 5.16. The second-order valence-electron chi connectivity index (χ2n) is 6.67. The molecular formula is C20H19Cl2NO2S. The zero-order chi connectivity index (χ0) is 18.3. The lowest BCUT2D eigenvalue weighted by Crippen LogP contribution is -2.39. The number of halogens is 2. The van der Waals surface area contributed by atoms with Crippen molar-refractivity contribution < 1.29 is 9.53 Å². The molecule has 3 nitrogen and oxygen atoms in total. The molecule has 0 N–H and O–H groups in total. The fourth-order valence-electron chi connectivity index (χ4n) is 3.68. The molecule has 2 fully saturated rings. The third kappa shape index (κ3) is 2.98. The van der Waals surface area contributed by atoms with Crippen molar-refractivity contribution in [3.63, 3.8) is 0 Å². The van der Waals surface area contributed by atoms with E-state index in [0.717, 1.165) is 42.0 Å². The van der Waals surface area contributed by atoms with Crippen LogP contribution in [0.15, 0.2) is 42.5 Å². The summed E-state index contributed by atoms with van der Waals surface area (Å²) in [6.45, 7) is 0.726. The number of para-hydroxylation sites is 1. The van der Waals surface area contributed by atoms with E-state index in [2.05, 4.69) is 0 Å². The molecule has 1 saturated heterocycles. The average Bonchev–Trinajstić information content (AvgIpc) is 3.32. The number of carbonyl (C=O) groups is 1. The van der Waals surface area contributed by atoms with Crippen molar-refractivity contribution in [3.8, 4) is 5.75 Å². The number of ether oxygens (including phenoxy) is 1. The van der Waals surface area contributed by atoms with Gasteiger partial charge >= 0.3 is 0 Å². The van der Waals surface area contributed by atoms with Crippen LogP contribution in [0.5, 0.6) is 5.75 Å². The van der Waals surface area contributed by atoms with Gasteiger partial charge in [-0.1, -0.05) is 47.5 Å². The van der Waals surface area contributed by atoms with Gasteiger partial charge in [0.1, 0.15) is 11.1 Å². The highest BCUT2D eigenvalue weighted by Crippen LogP contribution is 2.55. The van der Waals surface area contributed by atoms with Crippen LogP contribution in [0.2, 0.25) is 10.0 Å². The molecule has 1 heterocycles. The smallest absolute Gasteiger partial charge is 0.234 e. The predicted octanol–water partition coefficient (Wildman–Crippen LogP) is 5.31. The number of amides is 1. The monoisotopic (exact) mass is 407 g/mol. The first-order valence-corrected chi connectivity index (χ1v) is 10.4. The number of hydrogen-bond acceptors (Lipinski definition) is 3. The molecule has 6 heteroatoms. The first-order valence-electron chi connectivity index (χ1n) is 8.58. The first-order chi connectivity index (χ1) is 12.6. The van der Waals surface area contributed by atoms with Crippen molar-refractivity contribution in [1.29, 1.82) is 0 Å². The molecule has 26 heavy (non-hydrogen) atoms. The van der Waals surface area contributed by atoms with E-state index in [1.807, 2.05) is 41.3 Å². The van der Waals surface area contributed by atoms with Gasteiger partial charge in [-0.25, -0.2) is 0 Å². The van der Waals surface area contributed by atoms with Gasteiger partial charge in [0, 0.05) is 33.5 Å². The number of hydrogen-bond donors (Lipinski definition) is 0. The van der Waals surface area contributed by atoms with E-state index in [9.17, 15) is 4.79 Å². The Labute approximate surface area is 167 Å². The fourth-order valence-corrected chi connectivity index (χ4v) is 5.54. The molecule has 2 aromatic carbocycles. The van der Waals surface area contributed by atoms with Crippen LogP contribution in [0, 0.1) is 0 Å². The first kappa shape index (κ1) is 18.0. The van der Waals surface area contributed by atoms with Crippen molar-refractivity contribution in [2.75, 3.05) is 19.4 Å². The minimum absolute atomic E-state index is 0.0700. The number of thioether (sulfide) groups is 1. The van der Waals surface area contributed by atoms with E-state index < -0.39 is 5.41 Å². The third-order valence-corrected chi connectivity index (χ3v) is 6.97. The highest BCUT2D eigenvalue weighted by atomic mass is 35.5. The molecule has 1 amide bonds. The van der Waals surface area contributed by atoms with Crippen LogP contribution in [-0.4, -0.2) is 30.2 Å². The Hall–Kier alpha value is -1.36. The van der Waals surface area contributed by atoms with Crippen LogP contribution in [0.3, 0.4) is 0 Å². The van der Waals surface area contributed by atoms with Crippen molar-refractivity contribution in [2.45, 2.75) is 23.6 Å². The SMILES string of the molecule is COc1ccccc1C1(C(=O)N2CCSC2c2ccc(Cl)cc2Cl)CC1. The summed E-state index contributed by atoms with van der Waals surface area (Å²) < 4.78 is 5.52. The van der Waals surface area contributed by atoms with Crippen molar-refractivity contribution in [3.05, 3.63) is 63.6 Å². The quantitative estimate of drug-likeness (QED) is 0.687. The van der Waals surface area contributed by atoms with E-state index in [1.54, 1.807) is 24.9 Å². The van der Waals surface area contributed by atoms with Gasteiger partial charge in [0.05, 0.1) is 12.5 Å². The van der Waals surface area contributed by atoms with Crippen LogP contribution in [0.25, 0.3) is 0 Å². The van der Waals surface area contributed by atoms with Gasteiger partial charge < -0.3 is 9.64 Å². The van der Waals surface area contributed by atoms with Crippen molar-refractivity contribution in [2.24, 2.45) is 0 Å². The molecule has 0 spiro atoms. The standard InChI is InChI=1S/C20H19Cl2NO2S/c1-25-17-5-3-2-4-15(17)20(8-9-20)19(24)23-10-11-26-18(23)14-7-6-13(21)12-16(14)22/h2-7,12,18H,8-11H2,1H3. The molecule has 136 valence electrons. The highest BCUT2D eigenvalue weighted by Gasteiger charge is 2.56. The van der Waals surface area contributed by atoms with E-state index in [1.165, 1.54) is 0 Å². The molecule has 1 aliphatic carbocycles. The maximum Gasteiger partial charge on any atom is 0.234 e. The summed E-state index contributed by atoms with van der Waals surface area (Å²) in [7, 11) is 1.65. The lowest BCUT2D eigenvalue weighted by Gasteiger charge is -2.29. The van der Waals surface area contributed by atoms with Crippen LogP contribution in [0.4, 0.5) is 0 Å². The molecule has 1 aliphatic heterocycles. The molecule has 0 aromatic heterocycles. The molecule has 2 aromatic rings. The Balaban J connectivity index is 1.67. The van der Waals surface area contributed by atoms with Crippen LogP contribution < -0.4 is 4.74 Å². The van der Waals surface area contributed by atoms with Crippen LogP contribution in [-0.2, 0) is 10.2 Å². The summed E-state index contributed by atoms with van der Waals surface area (Å²) in [5.41, 5.74) is 1.47. The number of rotatable bonds is 4. The molecule has 0 radical (unpaired) electrons. The summed E-state index contributed by atoms with van der Waals surface area (Å²) in [5, 5.41) is 1.14.